The van der Waals surface area contributed by atoms with Crippen LogP contribution < -0.4 is 10.5 Å². The van der Waals surface area contributed by atoms with E-state index in [0.717, 1.165) is 25.7 Å². The molecule has 2 aliphatic rings. The van der Waals surface area contributed by atoms with Gasteiger partial charge in [0, 0.05) is 25.9 Å². The molecule has 0 radical (unpaired) electrons. The summed E-state index contributed by atoms with van der Waals surface area (Å²) in [7, 11) is 0. The van der Waals surface area contributed by atoms with Crippen LogP contribution in [0.25, 0.3) is 0 Å². The summed E-state index contributed by atoms with van der Waals surface area (Å²) < 4.78 is 18.7. The summed E-state index contributed by atoms with van der Waals surface area (Å²) in [5.74, 6) is 0.885. The van der Waals surface area contributed by atoms with Crippen LogP contribution in [0, 0.1) is 11.7 Å². The molecule has 1 heterocycles. The maximum atomic E-state index is 12.8. The van der Waals surface area contributed by atoms with Crippen LogP contribution >= 0.6 is 0 Å². The third-order valence-electron chi connectivity index (χ3n) is 4.29. The molecule has 4 nitrogen and oxygen atoms in total. The number of benzene rings is 1. The summed E-state index contributed by atoms with van der Waals surface area (Å²) in [6, 6.07) is 5.73. The minimum Gasteiger partial charge on any atom is -0.490 e. The molecule has 1 saturated heterocycles. The van der Waals surface area contributed by atoms with Crippen molar-refractivity contribution in [2.45, 2.75) is 37.8 Å². The van der Waals surface area contributed by atoms with Crippen LogP contribution in [0.5, 0.6) is 5.75 Å². The lowest BCUT2D eigenvalue weighted by Crippen LogP contribution is -2.49. The summed E-state index contributed by atoms with van der Waals surface area (Å²) in [5.41, 5.74) is 5.97. The van der Waals surface area contributed by atoms with Crippen molar-refractivity contribution in [3.63, 3.8) is 0 Å². The van der Waals surface area contributed by atoms with Crippen molar-refractivity contribution in [2.24, 2.45) is 11.7 Å². The van der Waals surface area contributed by atoms with Gasteiger partial charge in [0.2, 0.25) is 5.91 Å². The van der Waals surface area contributed by atoms with Gasteiger partial charge in [-0.2, -0.15) is 0 Å². The van der Waals surface area contributed by atoms with E-state index in [4.69, 9.17) is 10.5 Å². The fraction of sp³-hybridized carbons (Fsp3) is 0.562. The molecule has 1 aliphatic carbocycles. The van der Waals surface area contributed by atoms with Crippen LogP contribution in [0.15, 0.2) is 24.3 Å². The van der Waals surface area contributed by atoms with Gasteiger partial charge in [-0.25, -0.2) is 4.39 Å². The van der Waals surface area contributed by atoms with Crippen molar-refractivity contribution >= 4 is 5.91 Å². The number of carbonyl (C=O) groups excluding carboxylic acids is 1. The summed E-state index contributed by atoms with van der Waals surface area (Å²) in [5, 5.41) is 0. The first kappa shape index (κ1) is 14.3. The second kappa shape index (κ2) is 6.02. The van der Waals surface area contributed by atoms with Crippen LogP contribution in [0.3, 0.4) is 0 Å². The molecule has 21 heavy (non-hydrogen) atoms. The van der Waals surface area contributed by atoms with E-state index < -0.39 is 0 Å². The molecule has 114 valence electrons. The first-order valence-electron chi connectivity index (χ1n) is 7.60. The van der Waals surface area contributed by atoms with E-state index in [0.29, 0.717) is 24.8 Å². The van der Waals surface area contributed by atoms with Gasteiger partial charge in [-0.3, -0.25) is 4.79 Å². The number of nitrogens with two attached hydrogens (primary N) is 1. The Labute approximate surface area is 124 Å². The van der Waals surface area contributed by atoms with E-state index >= 15 is 0 Å². The van der Waals surface area contributed by atoms with Crippen LogP contribution in [-0.4, -0.2) is 36.0 Å². The lowest BCUT2D eigenvalue weighted by atomic mass is 10.1. The SMILES string of the molecule is N[C@H](C(=O)N1CCC(Oc2ccc(F)cc2)CC1)C1CC1. The standard InChI is InChI=1S/C16H21FN2O2/c17-12-3-5-13(6-4-12)21-14-7-9-19(10-8-14)16(20)15(18)11-1-2-11/h3-6,11,14-15H,1-2,7-10,18H2/t15-/m0/s1. The second-order valence-corrected chi connectivity index (χ2v) is 5.96. The monoisotopic (exact) mass is 292 g/mol. The Hall–Kier alpha value is -1.62. The van der Waals surface area contributed by atoms with E-state index in [1.54, 1.807) is 12.1 Å². The minimum atomic E-state index is -0.320. The Morgan fingerprint density at radius 1 is 1.19 bits per heavy atom. The molecule has 0 bridgehead atoms. The van der Waals surface area contributed by atoms with Crippen molar-refractivity contribution in [3.05, 3.63) is 30.1 Å². The molecular weight excluding hydrogens is 271 g/mol. The molecule has 1 aromatic rings. The van der Waals surface area contributed by atoms with Gasteiger partial charge in [0.15, 0.2) is 0 Å². The number of amides is 1. The Bertz CT molecular complexity index is 494. The molecule has 0 spiro atoms. The van der Waals surface area contributed by atoms with Gasteiger partial charge in [-0.05, 0) is 43.0 Å². The topological polar surface area (TPSA) is 55.6 Å². The summed E-state index contributed by atoms with van der Waals surface area (Å²) >= 11 is 0. The smallest absolute Gasteiger partial charge is 0.239 e. The number of hydrogen-bond acceptors (Lipinski definition) is 3. The maximum Gasteiger partial charge on any atom is 0.239 e. The highest BCUT2D eigenvalue weighted by atomic mass is 19.1. The molecule has 2 N–H and O–H groups in total. The number of piperidine rings is 1. The average molecular weight is 292 g/mol. The number of nitrogens with zero attached hydrogens (tertiary/aromatic N) is 1. The van der Waals surface area contributed by atoms with Gasteiger partial charge < -0.3 is 15.4 Å². The number of ether oxygens (including phenoxy) is 1. The zero-order chi connectivity index (χ0) is 14.8. The lowest BCUT2D eigenvalue weighted by Gasteiger charge is -2.33. The van der Waals surface area contributed by atoms with Crippen LogP contribution in [-0.2, 0) is 4.79 Å². The Balaban J connectivity index is 1.48. The third kappa shape index (κ3) is 3.53. The van der Waals surface area contributed by atoms with Gasteiger partial charge >= 0.3 is 0 Å². The van der Waals surface area contributed by atoms with Gasteiger partial charge in [0.05, 0.1) is 6.04 Å². The molecule has 1 amide bonds. The lowest BCUT2D eigenvalue weighted by molar-refractivity contribution is -0.134. The predicted octanol–water partition coefficient (Wildman–Crippen LogP) is 1.93. The van der Waals surface area contributed by atoms with E-state index in [2.05, 4.69) is 0 Å². The molecule has 1 atom stereocenters. The first-order chi connectivity index (χ1) is 10.1. The maximum absolute atomic E-state index is 12.8. The molecular formula is C16H21FN2O2. The third-order valence-corrected chi connectivity index (χ3v) is 4.29. The van der Waals surface area contributed by atoms with E-state index in [-0.39, 0.29) is 23.9 Å². The highest BCUT2D eigenvalue weighted by molar-refractivity contribution is 5.82. The van der Waals surface area contributed by atoms with Crippen molar-refractivity contribution in [1.29, 1.82) is 0 Å². The van der Waals surface area contributed by atoms with Crippen molar-refractivity contribution in [1.82, 2.24) is 4.90 Å². The fourth-order valence-corrected chi connectivity index (χ4v) is 2.77. The quantitative estimate of drug-likeness (QED) is 0.922. The number of hydrogen-bond donors (Lipinski definition) is 1. The first-order valence-corrected chi connectivity index (χ1v) is 7.60. The van der Waals surface area contributed by atoms with Gasteiger partial charge in [0.1, 0.15) is 17.7 Å². The van der Waals surface area contributed by atoms with Crippen LogP contribution in [0.1, 0.15) is 25.7 Å². The Morgan fingerprint density at radius 2 is 1.81 bits per heavy atom. The molecule has 3 rings (SSSR count). The van der Waals surface area contributed by atoms with Gasteiger partial charge in [-0.1, -0.05) is 0 Å². The summed E-state index contributed by atoms with van der Waals surface area (Å²) in [4.78, 5) is 14.1. The summed E-state index contributed by atoms with van der Waals surface area (Å²) in [6.07, 6.45) is 3.83. The Kier molecular flexibility index (Phi) is 4.10. The molecule has 2 fully saturated rings. The minimum absolute atomic E-state index is 0.0802. The zero-order valence-electron chi connectivity index (χ0n) is 12.0. The average Bonchev–Trinajstić information content (AvgIpc) is 3.34. The molecule has 1 saturated carbocycles. The zero-order valence-corrected chi connectivity index (χ0v) is 12.0. The highest BCUT2D eigenvalue weighted by Crippen LogP contribution is 2.32. The predicted molar refractivity (Wildman–Crippen MR) is 77.3 cm³/mol. The van der Waals surface area contributed by atoms with Gasteiger partial charge in [0.25, 0.3) is 0 Å². The Morgan fingerprint density at radius 3 is 2.38 bits per heavy atom. The van der Waals surface area contributed by atoms with Gasteiger partial charge in [-0.15, -0.1) is 0 Å². The summed E-state index contributed by atoms with van der Waals surface area (Å²) in [6.45, 7) is 1.37. The van der Waals surface area contributed by atoms with E-state index in [1.807, 2.05) is 4.90 Å². The number of rotatable bonds is 4. The van der Waals surface area contributed by atoms with Crippen molar-refractivity contribution < 1.29 is 13.9 Å². The largest absolute Gasteiger partial charge is 0.490 e. The van der Waals surface area contributed by atoms with Crippen LogP contribution in [0.4, 0.5) is 4.39 Å². The van der Waals surface area contributed by atoms with E-state index in [1.165, 1.54) is 12.1 Å². The molecule has 1 aromatic carbocycles. The highest BCUT2D eigenvalue weighted by Gasteiger charge is 2.36. The van der Waals surface area contributed by atoms with Crippen LogP contribution in [0.2, 0.25) is 0 Å². The molecule has 0 aromatic heterocycles. The fourth-order valence-electron chi connectivity index (χ4n) is 2.77. The molecule has 1 aliphatic heterocycles. The number of carbonyl (C=O) groups is 1. The molecule has 0 unspecified atom stereocenters. The van der Waals surface area contributed by atoms with E-state index in [9.17, 15) is 9.18 Å². The normalized spacial score (nSPS) is 21.1. The second-order valence-electron chi connectivity index (χ2n) is 5.96. The van der Waals surface area contributed by atoms with Crippen molar-refractivity contribution in [2.75, 3.05) is 13.1 Å². The number of halogens is 1. The number of likely N-dealkylation sites (tertiary alicyclic amines) is 1. The molecule has 5 heteroatoms. The van der Waals surface area contributed by atoms with Crippen molar-refractivity contribution in [3.8, 4) is 5.75 Å².